The molecule has 6 nitrogen and oxygen atoms in total. The van der Waals surface area contributed by atoms with Gasteiger partial charge in [-0.1, -0.05) is 6.92 Å². The molecule has 26 heavy (non-hydrogen) atoms. The van der Waals surface area contributed by atoms with Crippen molar-refractivity contribution in [2.24, 2.45) is 0 Å². The summed E-state index contributed by atoms with van der Waals surface area (Å²) < 4.78 is 35.4. The van der Waals surface area contributed by atoms with Crippen LogP contribution in [-0.4, -0.2) is 28.3 Å². The summed E-state index contributed by atoms with van der Waals surface area (Å²) in [5, 5.41) is 27.9. The number of fused-ring (bicyclic) bond motifs is 1. The van der Waals surface area contributed by atoms with Crippen molar-refractivity contribution in [1.82, 2.24) is 0 Å². The summed E-state index contributed by atoms with van der Waals surface area (Å²) in [7, 11) is -2.28. The molecule has 3 rings (SSSR count). The first kappa shape index (κ1) is 15.3. The van der Waals surface area contributed by atoms with Gasteiger partial charge in [-0.2, -0.15) is 0 Å². The molecule has 0 aliphatic carbocycles. The molecule has 0 aliphatic heterocycles. The van der Waals surface area contributed by atoms with E-state index in [1.165, 1.54) is 12.1 Å². The van der Waals surface area contributed by atoms with E-state index < -0.39 is 37.0 Å². The number of hydrogen-bond donors (Lipinski definition) is 3. The Morgan fingerprint density at radius 1 is 1.31 bits per heavy atom. The van der Waals surface area contributed by atoms with Crippen LogP contribution in [0.1, 0.15) is 32.7 Å². The fraction of sp³-hybridized carbons (Fsp3) is 0.118. The highest BCUT2D eigenvalue weighted by Crippen LogP contribution is 2.36. The van der Waals surface area contributed by atoms with E-state index >= 15 is 0 Å². The van der Waals surface area contributed by atoms with Crippen LogP contribution in [-0.2, 0) is 6.42 Å². The number of rotatable bonds is 5. The monoisotopic (exact) mass is 485 g/mol. The molecule has 0 bridgehead atoms. The van der Waals surface area contributed by atoms with Gasteiger partial charge in [0.1, 0.15) is 22.8 Å². The van der Waals surface area contributed by atoms with Crippen molar-refractivity contribution in [3.63, 3.8) is 0 Å². The number of ketones is 1. The SMILES string of the molecule is [2H]c1c(OB(O)O)c([2H])c2oc(CC)c(C(=O)c3cc(Br)c(O)c(Br)c3)c2c1[2H]. The van der Waals surface area contributed by atoms with Gasteiger partial charge in [0.25, 0.3) is 0 Å². The number of halogens is 2. The molecule has 0 amide bonds. The maximum absolute atomic E-state index is 13.3. The lowest BCUT2D eigenvalue weighted by Crippen LogP contribution is -2.20. The molecule has 0 atom stereocenters. The average Bonchev–Trinajstić information content (AvgIpc) is 3.06. The normalized spacial score (nSPS) is 12.6. The number of phenols is 1. The van der Waals surface area contributed by atoms with Crippen LogP contribution < -0.4 is 4.65 Å². The standard InChI is InChI=1S/C17H13BBr2O6/c1-2-13-15(16(21)8-5-11(19)17(22)12(20)6-8)10-4-3-9(26-18(23)24)7-14(10)25-13/h3-7,22-24H,2H2,1H3/i3D,4D,7D. The van der Waals surface area contributed by atoms with Crippen molar-refractivity contribution in [3.05, 3.63) is 56.1 Å². The average molecular weight is 487 g/mol. The molecule has 2 aromatic carbocycles. The summed E-state index contributed by atoms with van der Waals surface area (Å²) in [6, 6.07) is 1.31. The molecule has 0 spiro atoms. The molecular formula is C17H13BBr2O6. The minimum absolute atomic E-state index is 0.0232. The van der Waals surface area contributed by atoms with E-state index in [2.05, 4.69) is 36.5 Å². The summed E-state index contributed by atoms with van der Waals surface area (Å²) in [6.07, 6.45) is 0.265. The van der Waals surface area contributed by atoms with Crippen LogP contribution in [0.15, 0.2) is 43.6 Å². The second-order valence-electron chi connectivity index (χ2n) is 5.22. The largest absolute Gasteiger partial charge is 0.707 e. The molecule has 9 heteroatoms. The number of aromatic hydroxyl groups is 1. The molecule has 134 valence electrons. The molecule has 0 unspecified atom stereocenters. The lowest BCUT2D eigenvalue weighted by molar-refractivity contribution is 0.103. The van der Waals surface area contributed by atoms with Crippen molar-refractivity contribution in [2.45, 2.75) is 13.3 Å². The van der Waals surface area contributed by atoms with E-state index in [1.807, 2.05) is 0 Å². The first-order chi connectivity index (χ1) is 13.6. The Balaban J connectivity index is 2.32. The second kappa shape index (κ2) is 7.44. The topological polar surface area (TPSA) is 100 Å². The molecule has 0 radical (unpaired) electrons. The van der Waals surface area contributed by atoms with Gasteiger partial charge in [-0.25, -0.2) is 0 Å². The van der Waals surface area contributed by atoms with Crippen LogP contribution in [0.2, 0.25) is 0 Å². The minimum Gasteiger partial charge on any atom is -0.512 e. The molecule has 1 heterocycles. The van der Waals surface area contributed by atoms with Crippen molar-refractivity contribution in [1.29, 1.82) is 0 Å². The van der Waals surface area contributed by atoms with Crippen LogP contribution in [0.25, 0.3) is 11.0 Å². The van der Waals surface area contributed by atoms with E-state index in [0.29, 0.717) is 0 Å². The Hall–Kier alpha value is -1.81. The fourth-order valence-corrected chi connectivity index (χ4v) is 3.62. The van der Waals surface area contributed by atoms with Gasteiger partial charge in [-0.3, -0.25) is 4.79 Å². The Morgan fingerprint density at radius 2 is 1.96 bits per heavy atom. The predicted molar refractivity (Wildman–Crippen MR) is 103 cm³/mol. The van der Waals surface area contributed by atoms with Crippen LogP contribution >= 0.6 is 31.9 Å². The van der Waals surface area contributed by atoms with Crippen LogP contribution in [0.3, 0.4) is 0 Å². The van der Waals surface area contributed by atoms with Crippen LogP contribution in [0.5, 0.6) is 11.5 Å². The third-order valence-corrected chi connectivity index (χ3v) is 4.77. The van der Waals surface area contributed by atoms with Gasteiger partial charge < -0.3 is 24.2 Å². The van der Waals surface area contributed by atoms with Gasteiger partial charge in [0.2, 0.25) is 0 Å². The first-order valence-electron chi connectivity index (χ1n) is 8.89. The van der Waals surface area contributed by atoms with Gasteiger partial charge in [-0.05, 0) is 56.1 Å². The summed E-state index contributed by atoms with van der Waals surface area (Å²) >= 11 is 6.33. The van der Waals surface area contributed by atoms with Crippen LogP contribution in [0, 0.1) is 0 Å². The van der Waals surface area contributed by atoms with Gasteiger partial charge in [0.05, 0.1) is 18.6 Å². The molecular weight excluding hydrogens is 471 g/mol. The molecule has 3 aromatic rings. The third-order valence-electron chi connectivity index (χ3n) is 3.56. The molecule has 1 aromatic heterocycles. The highest BCUT2D eigenvalue weighted by molar-refractivity contribution is 9.11. The number of aryl methyl sites for hydroxylation is 1. The van der Waals surface area contributed by atoms with Crippen molar-refractivity contribution >= 4 is 55.9 Å². The number of carbonyl (C=O) groups is 1. The van der Waals surface area contributed by atoms with E-state index in [4.69, 9.17) is 18.6 Å². The zero-order chi connectivity index (χ0) is 21.6. The Labute approximate surface area is 170 Å². The summed E-state index contributed by atoms with van der Waals surface area (Å²) in [4.78, 5) is 13.3. The van der Waals surface area contributed by atoms with E-state index in [9.17, 15) is 9.90 Å². The first-order valence-corrected chi connectivity index (χ1v) is 8.97. The second-order valence-corrected chi connectivity index (χ2v) is 6.93. The number of carbonyl (C=O) groups excluding carboxylic acids is 1. The maximum atomic E-state index is 13.3. The summed E-state index contributed by atoms with van der Waals surface area (Å²) in [5.74, 6) is -0.941. The van der Waals surface area contributed by atoms with Gasteiger partial charge in [0.15, 0.2) is 5.78 Å². The number of phenolic OH excluding ortho intramolecular Hbond substituents is 1. The smallest absolute Gasteiger partial charge is 0.512 e. The van der Waals surface area contributed by atoms with Gasteiger partial charge in [0, 0.05) is 23.4 Å². The number of benzene rings is 2. The fourth-order valence-electron chi connectivity index (χ4n) is 2.43. The minimum atomic E-state index is -2.28. The van der Waals surface area contributed by atoms with Crippen molar-refractivity contribution in [3.8, 4) is 11.5 Å². The Morgan fingerprint density at radius 3 is 2.54 bits per heavy atom. The molecule has 0 saturated carbocycles. The highest BCUT2D eigenvalue weighted by Gasteiger charge is 2.23. The van der Waals surface area contributed by atoms with E-state index in [-0.39, 0.29) is 49.0 Å². The third kappa shape index (κ3) is 3.52. The van der Waals surface area contributed by atoms with Crippen molar-refractivity contribution < 1.29 is 33.1 Å². The predicted octanol–water partition coefficient (Wildman–Crippen LogP) is 3.81. The highest BCUT2D eigenvalue weighted by atomic mass is 79.9. The van der Waals surface area contributed by atoms with Gasteiger partial charge >= 0.3 is 7.32 Å². The molecule has 0 fully saturated rings. The van der Waals surface area contributed by atoms with E-state index in [0.717, 1.165) is 0 Å². The van der Waals surface area contributed by atoms with E-state index in [1.54, 1.807) is 6.92 Å². The zero-order valence-corrected chi connectivity index (χ0v) is 16.4. The van der Waals surface area contributed by atoms with Gasteiger partial charge in [-0.15, -0.1) is 0 Å². The quantitative estimate of drug-likeness (QED) is 0.374. The van der Waals surface area contributed by atoms with Crippen molar-refractivity contribution in [2.75, 3.05) is 0 Å². The maximum Gasteiger partial charge on any atom is 0.707 e. The van der Waals surface area contributed by atoms with Crippen LogP contribution in [0.4, 0.5) is 0 Å². The lowest BCUT2D eigenvalue weighted by Gasteiger charge is -2.06. The molecule has 3 N–H and O–H groups in total. The summed E-state index contributed by atoms with van der Waals surface area (Å²) in [6.45, 7) is 1.72. The molecule has 0 aliphatic rings. The lowest BCUT2D eigenvalue weighted by atomic mass is 9.99. The zero-order valence-electron chi connectivity index (χ0n) is 16.3. The number of hydrogen-bond acceptors (Lipinski definition) is 6. The molecule has 0 saturated heterocycles. The Bertz CT molecular complexity index is 1130. The Kier molecular flexibility index (Phi) is 4.37. The summed E-state index contributed by atoms with van der Waals surface area (Å²) in [5.41, 5.74) is 0.0383. The number of furan rings is 1.